The third-order valence-corrected chi connectivity index (χ3v) is 9.57. The average Bonchev–Trinajstić information content (AvgIpc) is 3.45. The molecular formula is C42H44O12. The average molecular weight is 741 g/mol. The molecule has 2 bridgehead atoms. The molecule has 3 fully saturated rings. The third kappa shape index (κ3) is 8.89. The lowest BCUT2D eigenvalue weighted by Crippen LogP contribution is -2.65. The van der Waals surface area contributed by atoms with Gasteiger partial charge in [0.05, 0.1) is 33.5 Å². The Kier molecular flexibility index (Phi) is 12.8. The summed E-state index contributed by atoms with van der Waals surface area (Å²) in [6, 6.07) is 38.3. The zero-order chi connectivity index (χ0) is 37.3. The highest BCUT2D eigenvalue weighted by molar-refractivity contribution is 5.79. The number of carbonyl (C=O) groups is 2. The van der Waals surface area contributed by atoms with Crippen LogP contribution < -0.4 is 0 Å². The minimum Gasteiger partial charge on any atom is -0.467 e. The zero-order valence-corrected chi connectivity index (χ0v) is 30.0. The van der Waals surface area contributed by atoms with Gasteiger partial charge in [-0.15, -0.1) is 0 Å². The number of fused-ring (bicyclic) bond motifs is 2. The largest absolute Gasteiger partial charge is 0.467 e. The molecule has 0 aromatic heterocycles. The molecule has 3 aliphatic rings. The van der Waals surface area contributed by atoms with Crippen molar-refractivity contribution >= 4 is 11.9 Å². The van der Waals surface area contributed by atoms with Crippen molar-refractivity contribution in [3.8, 4) is 0 Å². The summed E-state index contributed by atoms with van der Waals surface area (Å²) in [4.78, 5) is 26.8. The van der Waals surface area contributed by atoms with Crippen molar-refractivity contribution in [3.05, 3.63) is 144 Å². The smallest absolute Gasteiger partial charge is 0.338 e. The van der Waals surface area contributed by atoms with Crippen LogP contribution in [0.2, 0.25) is 0 Å². The van der Waals surface area contributed by atoms with E-state index in [-0.39, 0.29) is 26.4 Å². The maximum Gasteiger partial charge on any atom is 0.338 e. The lowest BCUT2D eigenvalue weighted by atomic mass is 9.96. The van der Waals surface area contributed by atoms with Gasteiger partial charge >= 0.3 is 11.9 Å². The summed E-state index contributed by atoms with van der Waals surface area (Å²) in [5.74, 6) is -1.34. The summed E-state index contributed by atoms with van der Waals surface area (Å²) in [6.45, 7) is 0.682. The summed E-state index contributed by atoms with van der Waals surface area (Å²) in [5, 5.41) is 0. The number of rotatable bonds is 16. The van der Waals surface area contributed by atoms with Gasteiger partial charge < -0.3 is 47.4 Å². The van der Waals surface area contributed by atoms with Gasteiger partial charge in [0.25, 0.3) is 0 Å². The van der Waals surface area contributed by atoms with Gasteiger partial charge in [0.1, 0.15) is 30.5 Å². The molecular weight excluding hydrogens is 696 g/mol. The number of carbonyl (C=O) groups excluding carboxylic acids is 2. The molecule has 4 aromatic carbocycles. The van der Waals surface area contributed by atoms with Crippen LogP contribution in [0, 0.1) is 0 Å². The van der Waals surface area contributed by atoms with Crippen LogP contribution in [0.1, 0.15) is 22.3 Å². The molecule has 0 spiro atoms. The minimum atomic E-state index is -1.35. The van der Waals surface area contributed by atoms with Crippen molar-refractivity contribution < 1.29 is 57.0 Å². The Morgan fingerprint density at radius 2 is 0.981 bits per heavy atom. The lowest BCUT2D eigenvalue weighted by molar-refractivity contribution is -0.354. The monoisotopic (exact) mass is 740 g/mol. The molecule has 0 N–H and O–H groups in total. The molecule has 54 heavy (non-hydrogen) atoms. The molecule has 0 unspecified atom stereocenters. The molecule has 12 heteroatoms. The van der Waals surface area contributed by atoms with Crippen molar-refractivity contribution in [2.24, 2.45) is 0 Å². The fourth-order valence-corrected chi connectivity index (χ4v) is 6.85. The van der Waals surface area contributed by atoms with E-state index in [4.69, 9.17) is 47.4 Å². The van der Waals surface area contributed by atoms with Crippen LogP contribution in [-0.2, 0) is 83.4 Å². The predicted octanol–water partition coefficient (Wildman–Crippen LogP) is 4.91. The van der Waals surface area contributed by atoms with Gasteiger partial charge in [-0.1, -0.05) is 121 Å². The van der Waals surface area contributed by atoms with Crippen LogP contribution in [0.15, 0.2) is 121 Å². The van der Waals surface area contributed by atoms with Crippen molar-refractivity contribution in [2.75, 3.05) is 14.2 Å². The van der Waals surface area contributed by atoms with Crippen LogP contribution in [0.4, 0.5) is 0 Å². The maximum atomic E-state index is 13.5. The molecule has 4 aromatic rings. The molecule has 12 nitrogen and oxygen atoms in total. The Morgan fingerprint density at radius 3 is 1.44 bits per heavy atom. The molecule has 0 radical (unpaired) electrons. The minimum absolute atomic E-state index is 0.141. The summed E-state index contributed by atoms with van der Waals surface area (Å²) in [6.07, 6.45) is -10.6. The van der Waals surface area contributed by atoms with E-state index >= 15 is 0 Å². The number of benzene rings is 4. The highest BCUT2D eigenvalue weighted by Crippen LogP contribution is 2.39. The molecule has 3 heterocycles. The van der Waals surface area contributed by atoms with Crippen molar-refractivity contribution in [2.45, 2.75) is 87.8 Å². The second-order valence-electron chi connectivity index (χ2n) is 13.2. The van der Waals surface area contributed by atoms with Gasteiger partial charge in [0.15, 0.2) is 30.9 Å². The highest BCUT2D eigenvalue weighted by atomic mass is 16.8. The summed E-state index contributed by atoms with van der Waals surface area (Å²) in [5.41, 5.74) is 3.57. The summed E-state index contributed by atoms with van der Waals surface area (Å²) < 4.78 is 62.1. The first-order valence-electron chi connectivity index (χ1n) is 17.9. The standard InChI is InChI=1S/C42H44O12/c1-45-39(43)36-33(32(48-24-28-17-9-4-10-18-28)37(41(46-2)53-36)49-25-29-19-11-5-12-20-29)52-42-38(50-26-30-21-13-6-14-22-30)34-31(35(54-42)40(44)51-34)47-23-27-15-7-3-8-16-27/h3-22,31-38,41-42H,23-26H2,1-2H3/t31-,32+,33+,34+,35+,36+,37-,38-,41+,42+/m1/s1. The normalized spacial score (nSPS) is 29.0. The molecule has 7 rings (SSSR count). The van der Waals surface area contributed by atoms with E-state index in [1.54, 1.807) is 0 Å². The van der Waals surface area contributed by atoms with Crippen LogP contribution >= 0.6 is 0 Å². The van der Waals surface area contributed by atoms with E-state index in [0.29, 0.717) is 0 Å². The Balaban J connectivity index is 1.21. The zero-order valence-electron chi connectivity index (χ0n) is 30.0. The van der Waals surface area contributed by atoms with E-state index in [1.807, 2.05) is 121 Å². The highest BCUT2D eigenvalue weighted by Gasteiger charge is 2.61. The molecule has 0 aliphatic carbocycles. The van der Waals surface area contributed by atoms with E-state index in [1.165, 1.54) is 14.2 Å². The van der Waals surface area contributed by atoms with Crippen LogP contribution in [0.5, 0.6) is 0 Å². The quantitative estimate of drug-likeness (QED) is 0.145. The van der Waals surface area contributed by atoms with E-state index in [2.05, 4.69) is 0 Å². The molecule has 0 saturated carbocycles. The number of methoxy groups -OCH3 is 2. The molecule has 0 amide bonds. The second kappa shape index (κ2) is 18.2. The van der Waals surface area contributed by atoms with Gasteiger partial charge in [0, 0.05) is 7.11 Å². The van der Waals surface area contributed by atoms with Gasteiger partial charge in [-0.05, 0) is 22.3 Å². The first-order valence-corrected chi connectivity index (χ1v) is 17.9. The number of hydrogen-bond acceptors (Lipinski definition) is 12. The van der Waals surface area contributed by atoms with Gasteiger partial charge in [-0.2, -0.15) is 0 Å². The van der Waals surface area contributed by atoms with Crippen LogP contribution in [-0.4, -0.2) is 87.6 Å². The van der Waals surface area contributed by atoms with E-state index in [0.717, 1.165) is 22.3 Å². The van der Waals surface area contributed by atoms with Gasteiger partial charge in [-0.3, -0.25) is 0 Å². The van der Waals surface area contributed by atoms with Gasteiger partial charge in [-0.25, -0.2) is 9.59 Å². The molecule has 3 saturated heterocycles. The van der Waals surface area contributed by atoms with E-state index < -0.39 is 73.4 Å². The Labute approximate surface area is 314 Å². The molecule has 284 valence electrons. The lowest BCUT2D eigenvalue weighted by Gasteiger charge is -2.47. The SMILES string of the molecule is COC(=O)[C@H]1O[C@H](OC)[C@H](OCc2ccccc2)[C@@H](OCc2ccccc2)[C@@H]1O[C@H]1O[C@@H]2C(=O)O[C@@H]([C@H]2OCc2ccccc2)[C@H]1OCc1ccccc1. The first-order chi connectivity index (χ1) is 26.5. The fourth-order valence-electron chi connectivity index (χ4n) is 6.85. The fraction of sp³-hybridized carbons (Fsp3) is 0.381. The van der Waals surface area contributed by atoms with Crippen molar-refractivity contribution in [1.82, 2.24) is 0 Å². The summed E-state index contributed by atoms with van der Waals surface area (Å²) in [7, 11) is 2.72. The van der Waals surface area contributed by atoms with E-state index in [9.17, 15) is 9.59 Å². The maximum absolute atomic E-state index is 13.5. The topological polar surface area (TPSA) is 126 Å². The Hall–Kier alpha value is -4.50. The number of ether oxygens (including phenoxy) is 10. The van der Waals surface area contributed by atoms with Crippen molar-refractivity contribution in [3.63, 3.8) is 0 Å². The second-order valence-corrected chi connectivity index (χ2v) is 13.2. The van der Waals surface area contributed by atoms with Crippen molar-refractivity contribution in [1.29, 1.82) is 0 Å². The first kappa shape index (κ1) is 37.8. The number of esters is 2. The predicted molar refractivity (Wildman–Crippen MR) is 191 cm³/mol. The third-order valence-electron chi connectivity index (χ3n) is 9.57. The van der Waals surface area contributed by atoms with Gasteiger partial charge in [0.2, 0.25) is 0 Å². The Morgan fingerprint density at radius 1 is 0.537 bits per heavy atom. The molecule has 3 aliphatic heterocycles. The Bertz CT molecular complexity index is 1760. The molecule has 10 atom stereocenters. The van der Waals surface area contributed by atoms with Crippen LogP contribution in [0.25, 0.3) is 0 Å². The number of hydrogen-bond donors (Lipinski definition) is 0. The summed E-state index contributed by atoms with van der Waals surface area (Å²) >= 11 is 0. The van der Waals surface area contributed by atoms with Crippen LogP contribution in [0.3, 0.4) is 0 Å².